The van der Waals surface area contributed by atoms with Crippen LogP contribution in [0.2, 0.25) is 0 Å². The number of fused-ring (bicyclic) bond motifs is 1. The Morgan fingerprint density at radius 3 is 2.55 bits per heavy atom. The minimum Gasteiger partial charge on any atom is -0.299 e. The van der Waals surface area contributed by atoms with Crippen molar-refractivity contribution in [3.63, 3.8) is 0 Å². The van der Waals surface area contributed by atoms with E-state index in [1.807, 2.05) is 83.9 Å². The normalized spacial score (nSPS) is 19.0. The summed E-state index contributed by atoms with van der Waals surface area (Å²) in [6.07, 6.45) is 12.6. The van der Waals surface area contributed by atoms with Crippen molar-refractivity contribution >= 4 is 23.0 Å². The molecule has 2 heterocycles. The van der Waals surface area contributed by atoms with E-state index in [9.17, 15) is 4.79 Å². The van der Waals surface area contributed by atoms with Gasteiger partial charge in [0, 0.05) is 18.0 Å². The number of para-hydroxylation sites is 1. The Morgan fingerprint density at radius 2 is 1.79 bits per heavy atom. The van der Waals surface area contributed by atoms with Gasteiger partial charge >= 0.3 is 0 Å². The number of amides is 1. The van der Waals surface area contributed by atoms with Crippen LogP contribution < -0.4 is 4.90 Å². The molecule has 2 aliphatic rings. The Kier molecular flexibility index (Phi) is 4.37. The number of aromatic nitrogens is 1. The number of aliphatic imine (C=N–C) groups is 1. The highest BCUT2D eigenvalue weighted by Gasteiger charge is 2.37. The van der Waals surface area contributed by atoms with E-state index in [0.717, 1.165) is 34.5 Å². The van der Waals surface area contributed by atoms with Crippen molar-refractivity contribution in [1.82, 2.24) is 4.98 Å². The summed E-state index contributed by atoms with van der Waals surface area (Å²) in [6.45, 7) is 0. The number of nitrogens with zero attached hydrogens (tertiary/aromatic N) is 3. The Bertz CT molecular complexity index is 1140. The van der Waals surface area contributed by atoms with Crippen molar-refractivity contribution in [3.05, 3.63) is 103 Å². The Morgan fingerprint density at radius 1 is 0.931 bits per heavy atom. The first-order valence-corrected chi connectivity index (χ1v) is 9.67. The van der Waals surface area contributed by atoms with Crippen LogP contribution in [0.1, 0.15) is 12.0 Å². The molecule has 140 valence electrons. The summed E-state index contributed by atoms with van der Waals surface area (Å²) in [4.78, 5) is 24.0. The van der Waals surface area contributed by atoms with Gasteiger partial charge in [0.2, 0.25) is 0 Å². The number of carbonyl (C=O) groups excluding carboxylic acids is 1. The molecule has 1 aliphatic carbocycles. The highest BCUT2D eigenvalue weighted by Crippen LogP contribution is 2.34. The van der Waals surface area contributed by atoms with Gasteiger partial charge in [-0.05, 0) is 41.8 Å². The molecule has 0 spiro atoms. The van der Waals surface area contributed by atoms with Gasteiger partial charge in [-0.15, -0.1) is 0 Å². The molecule has 0 radical (unpaired) electrons. The van der Waals surface area contributed by atoms with E-state index >= 15 is 0 Å². The van der Waals surface area contributed by atoms with Crippen molar-refractivity contribution in [3.8, 4) is 11.1 Å². The molecule has 3 aromatic rings. The van der Waals surface area contributed by atoms with Gasteiger partial charge in [-0.25, -0.2) is 4.99 Å². The predicted octanol–water partition coefficient (Wildman–Crippen LogP) is 5.10. The van der Waals surface area contributed by atoms with E-state index in [-0.39, 0.29) is 11.9 Å². The molecule has 0 fully saturated rings. The lowest BCUT2D eigenvalue weighted by atomic mass is 10.1. The zero-order valence-electron chi connectivity index (χ0n) is 15.8. The summed E-state index contributed by atoms with van der Waals surface area (Å²) < 4.78 is 0. The van der Waals surface area contributed by atoms with E-state index in [1.54, 1.807) is 6.20 Å². The predicted molar refractivity (Wildman–Crippen MR) is 116 cm³/mol. The molecule has 4 nitrogen and oxygen atoms in total. The first-order valence-electron chi connectivity index (χ1n) is 9.67. The monoisotopic (exact) mass is 377 g/mol. The summed E-state index contributed by atoms with van der Waals surface area (Å²) in [7, 11) is 0. The molecule has 2 aromatic carbocycles. The van der Waals surface area contributed by atoms with Crippen LogP contribution in [0.25, 0.3) is 11.1 Å². The third-order valence-electron chi connectivity index (χ3n) is 5.23. The number of allylic oxidation sites excluding steroid dienone is 2. The molecule has 4 heteroatoms. The van der Waals surface area contributed by atoms with Crippen LogP contribution in [0, 0.1) is 0 Å². The lowest BCUT2D eigenvalue weighted by Gasteiger charge is -2.26. The molecule has 0 bridgehead atoms. The summed E-state index contributed by atoms with van der Waals surface area (Å²) in [5, 5.41) is 0. The summed E-state index contributed by atoms with van der Waals surface area (Å²) in [5.41, 5.74) is 5.19. The molecular weight excluding hydrogens is 358 g/mol. The fourth-order valence-corrected chi connectivity index (χ4v) is 3.81. The highest BCUT2D eigenvalue weighted by molar-refractivity contribution is 6.54. The van der Waals surface area contributed by atoms with Crippen molar-refractivity contribution in [2.45, 2.75) is 12.5 Å². The summed E-state index contributed by atoms with van der Waals surface area (Å²) in [6, 6.07) is 19.7. The average molecular weight is 377 g/mol. The van der Waals surface area contributed by atoms with Gasteiger partial charge in [0.25, 0.3) is 5.91 Å². The van der Waals surface area contributed by atoms with E-state index in [2.05, 4.69) is 17.1 Å². The molecule has 29 heavy (non-hydrogen) atoms. The Hall–Kier alpha value is -3.79. The van der Waals surface area contributed by atoms with Gasteiger partial charge in [-0.1, -0.05) is 60.7 Å². The van der Waals surface area contributed by atoms with Crippen molar-refractivity contribution in [2.24, 2.45) is 4.99 Å². The first-order chi connectivity index (χ1) is 14.3. The van der Waals surface area contributed by atoms with Crippen LogP contribution >= 0.6 is 0 Å². The van der Waals surface area contributed by atoms with Crippen LogP contribution in [0.3, 0.4) is 0 Å². The zero-order chi connectivity index (χ0) is 19.6. The third-order valence-corrected chi connectivity index (χ3v) is 5.23. The van der Waals surface area contributed by atoms with E-state index in [0.29, 0.717) is 5.71 Å². The minimum absolute atomic E-state index is 0.0225. The summed E-state index contributed by atoms with van der Waals surface area (Å²) >= 11 is 0. The van der Waals surface area contributed by atoms with Crippen LogP contribution in [0.15, 0.2) is 102 Å². The lowest BCUT2D eigenvalue weighted by molar-refractivity contribution is -0.112. The number of hydrogen-bond donors (Lipinski definition) is 0. The van der Waals surface area contributed by atoms with Crippen LogP contribution in [0.4, 0.5) is 11.4 Å². The smallest absolute Gasteiger partial charge is 0.278 e. The second kappa shape index (κ2) is 7.32. The minimum atomic E-state index is -0.0486. The molecule has 1 atom stereocenters. The van der Waals surface area contributed by atoms with Gasteiger partial charge in [-0.2, -0.15) is 0 Å². The second-order valence-corrected chi connectivity index (χ2v) is 7.06. The molecule has 1 aromatic heterocycles. The average Bonchev–Trinajstić information content (AvgIpc) is 3.07. The molecule has 1 unspecified atom stereocenters. The van der Waals surface area contributed by atoms with E-state index in [1.165, 1.54) is 0 Å². The van der Waals surface area contributed by atoms with Crippen LogP contribution in [-0.2, 0) is 4.79 Å². The number of benzene rings is 2. The second-order valence-electron chi connectivity index (χ2n) is 7.06. The number of rotatable bonds is 3. The maximum atomic E-state index is 13.3. The highest BCUT2D eigenvalue weighted by atomic mass is 16.2. The zero-order valence-corrected chi connectivity index (χ0v) is 15.8. The number of pyridine rings is 1. The van der Waals surface area contributed by atoms with Gasteiger partial charge < -0.3 is 0 Å². The van der Waals surface area contributed by atoms with Gasteiger partial charge in [0.05, 0.1) is 17.4 Å². The number of anilines is 1. The van der Waals surface area contributed by atoms with Gasteiger partial charge in [0.1, 0.15) is 5.71 Å². The quantitative estimate of drug-likeness (QED) is 0.637. The molecular formula is C25H19N3O. The standard InChI is InChI=1S/C25H19N3O/c29-25-24(27-20-14-12-18(13-15-20)19-7-6-16-26-17-19)22-10-4-5-11-23(22)28(25)21-8-2-1-3-9-21/h1-8,10-17,21H,9H2. The Labute approximate surface area is 169 Å². The topological polar surface area (TPSA) is 45.6 Å². The SMILES string of the molecule is O=C1C(=Nc2ccc(-c3cccnc3)cc2)c2ccccc2N1C1C=CC=CC1. The maximum absolute atomic E-state index is 13.3. The largest absolute Gasteiger partial charge is 0.299 e. The third kappa shape index (κ3) is 3.19. The number of hydrogen-bond acceptors (Lipinski definition) is 3. The molecule has 0 N–H and O–H groups in total. The van der Waals surface area contributed by atoms with E-state index in [4.69, 9.17) is 4.99 Å². The fraction of sp³-hybridized carbons (Fsp3) is 0.0800. The van der Waals surface area contributed by atoms with Crippen molar-refractivity contribution in [2.75, 3.05) is 4.90 Å². The summed E-state index contributed by atoms with van der Waals surface area (Å²) in [5.74, 6) is -0.0486. The van der Waals surface area contributed by atoms with Gasteiger partial charge in [-0.3, -0.25) is 14.7 Å². The van der Waals surface area contributed by atoms with Gasteiger partial charge in [0.15, 0.2) is 0 Å². The lowest BCUT2D eigenvalue weighted by Crippen LogP contribution is -2.38. The van der Waals surface area contributed by atoms with Crippen LogP contribution in [0.5, 0.6) is 0 Å². The fourth-order valence-electron chi connectivity index (χ4n) is 3.81. The molecule has 0 saturated heterocycles. The molecule has 1 amide bonds. The van der Waals surface area contributed by atoms with Crippen molar-refractivity contribution < 1.29 is 4.79 Å². The van der Waals surface area contributed by atoms with Crippen LogP contribution in [-0.4, -0.2) is 22.6 Å². The Balaban J connectivity index is 1.50. The van der Waals surface area contributed by atoms with Crippen molar-refractivity contribution in [1.29, 1.82) is 0 Å². The molecule has 5 rings (SSSR count). The molecule has 0 saturated carbocycles. The van der Waals surface area contributed by atoms with E-state index < -0.39 is 0 Å². The number of carbonyl (C=O) groups is 1. The maximum Gasteiger partial charge on any atom is 0.278 e. The first kappa shape index (κ1) is 17.3. The molecule has 1 aliphatic heterocycles.